The first-order valence-corrected chi connectivity index (χ1v) is 8.44. The van der Waals surface area contributed by atoms with Crippen molar-refractivity contribution in [1.82, 2.24) is 23.9 Å². The highest BCUT2D eigenvalue weighted by Gasteiger charge is 2.14. The van der Waals surface area contributed by atoms with Gasteiger partial charge in [-0.25, -0.2) is 9.78 Å². The Kier molecular flexibility index (Phi) is 3.38. The van der Waals surface area contributed by atoms with E-state index in [1.54, 1.807) is 38.4 Å². The standard InChI is InChI=1S/C17H17N5OS/c1-11-4-5-15(24-11)13-6-14-16(18-8-13)21(3)17(23)22(14)10-12-7-19-20(2)9-12/h4-9H,10H2,1-3H3. The molecule has 0 N–H and O–H groups in total. The van der Waals surface area contributed by atoms with Crippen LogP contribution in [0.25, 0.3) is 21.6 Å². The average Bonchev–Trinajstić information content (AvgIpc) is 3.24. The summed E-state index contributed by atoms with van der Waals surface area (Å²) >= 11 is 1.73. The molecule has 0 unspecified atom stereocenters. The Bertz CT molecular complexity index is 1100. The number of rotatable bonds is 3. The van der Waals surface area contributed by atoms with Crippen molar-refractivity contribution in [3.63, 3.8) is 0 Å². The fourth-order valence-corrected chi connectivity index (χ4v) is 3.74. The zero-order valence-corrected chi connectivity index (χ0v) is 14.5. The van der Waals surface area contributed by atoms with Crippen LogP contribution < -0.4 is 5.69 Å². The van der Waals surface area contributed by atoms with Crippen LogP contribution in [0.2, 0.25) is 0 Å². The molecule has 7 heteroatoms. The summed E-state index contributed by atoms with van der Waals surface area (Å²) in [6.07, 6.45) is 5.54. The summed E-state index contributed by atoms with van der Waals surface area (Å²) in [6, 6.07) is 6.23. The zero-order chi connectivity index (χ0) is 16.8. The minimum Gasteiger partial charge on any atom is -0.286 e. The Morgan fingerprint density at radius 1 is 1.21 bits per heavy atom. The summed E-state index contributed by atoms with van der Waals surface area (Å²) in [6.45, 7) is 2.57. The summed E-state index contributed by atoms with van der Waals surface area (Å²) in [7, 11) is 3.63. The molecule has 0 amide bonds. The van der Waals surface area contributed by atoms with E-state index in [2.05, 4.69) is 29.1 Å². The van der Waals surface area contributed by atoms with Crippen molar-refractivity contribution < 1.29 is 0 Å². The second-order valence-electron chi connectivity index (χ2n) is 5.93. The van der Waals surface area contributed by atoms with Gasteiger partial charge in [0.05, 0.1) is 18.3 Å². The molecule has 0 spiro atoms. The number of thiophene rings is 1. The third-order valence-corrected chi connectivity index (χ3v) is 5.15. The third-order valence-electron chi connectivity index (χ3n) is 4.10. The molecule has 0 bridgehead atoms. The molecule has 0 saturated carbocycles. The number of imidazole rings is 1. The van der Waals surface area contributed by atoms with Gasteiger partial charge in [-0.1, -0.05) is 0 Å². The van der Waals surface area contributed by atoms with Crippen LogP contribution in [0.3, 0.4) is 0 Å². The lowest BCUT2D eigenvalue weighted by Gasteiger charge is -2.02. The van der Waals surface area contributed by atoms with Gasteiger partial charge in [-0.05, 0) is 25.1 Å². The molecule has 0 fully saturated rings. The van der Waals surface area contributed by atoms with Crippen molar-refractivity contribution in [3.05, 3.63) is 57.7 Å². The second kappa shape index (κ2) is 5.45. The van der Waals surface area contributed by atoms with Gasteiger partial charge in [-0.3, -0.25) is 13.8 Å². The highest BCUT2D eigenvalue weighted by atomic mass is 32.1. The number of aryl methyl sites for hydroxylation is 3. The van der Waals surface area contributed by atoms with Gasteiger partial charge >= 0.3 is 5.69 Å². The minimum atomic E-state index is -0.0686. The highest BCUT2D eigenvalue weighted by Crippen LogP contribution is 2.29. The van der Waals surface area contributed by atoms with Crippen molar-refractivity contribution in [2.24, 2.45) is 14.1 Å². The van der Waals surface area contributed by atoms with Crippen LogP contribution in [-0.2, 0) is 20.6 Å². The topological polar surface area (TPSA) is 57.6 Å². The molecule has 0 aromatic carbocycles. The summed E-state index contributed by atoms with van der Waals surface area (Å²) in [4.78, 5) is 19.5. The molecule has 0 atom stereocenters. The molecule has 6 nitrogen and oxygen atoms in total. The number of hydrogen-bond donors (Lipinski definition) is 0. The van der Waals surface area contributed by atoms with Crippen molar-refractivity contribution >= 4 is 22.5 Å². The molecular formula is C17H17N5OS. The van der Waals surface area contributed by atoms with Gasteiger partial charge in [0.1, 0.15) is 0 Å². The van der Waals surface area contributed by atoms with E-state index >= 15 is 0 Å². The Balaban J connectivity index is 1.88. The van der Waals surface area contributed by atoms with Gasteiger partial charge in [-0.15, -0.1) is 11.3 Å². The van der Waals surface area contributed by atoms with E-state index in [9.17, 15) is 4.79 Å². The maximum absolute atomic E-state index is 12.6. The Hall–Kier alpha value is -2.67. The number of hydrogen-bond acceptors (Lipinski definition) is 4. The van der Waals surface area contributed by atoms with Crippen LogP contribution in [0.4, 0.5) is 0 Å². The molecule has 0 aliphatic carbocycles. The van der Waals surface area contributed by atoms with Crippen LogP contribution in [0.5, 0.6) is 0 Å². The quantitative estimate of drug-likeness (QED) is 0.576. The number of pyridine rings is 1. The maximum atomic E-state index is 12.6. The molecule has 4 aromatic heterocycles. The molecule has 4 rings (SSSR count). The molecule has 4 aromatic rings. The molecule has 122 valence electrons. The third kappa shape index (κ3) is 2.37. The summed E-state index contributed by atoms with van der Waals surface area (Å²) < 4.78 is 5.09. The second-order valence-corrected chi connectivity index (χ2v) is 7.21. The molecule has 0 radical (unpaired) electrons. The average molecular weight is 339 g/mol. The van der Waals surface area contributed by atoms with E-state index in [0.717, 1.165) is 21.5 Å². The first-order valence-electron chi connectivity index (χ1n) is 7.62. The van der Waals surface area contributed by atoms with Gasteiger partial charge in [0.15, 0.2) is 5.65 Å². The van der Waals surface area contributed by atoms with E-state index in [0.29, 0.717) is 12.2 Å². The predicted molar refractivity (Wildman–Crippen MR) is 95.3 cm³/mol. The fourth-order valence-electron chi connectivity index (χ4n) is 2.89. The fraction of sp³-hybridized carbons (Fsp3) is 0.235. The molecule has 0 aliphatic rings. The molecule has 0 aliphatic heterocycles. The minimum absolute atomic E-state index is 0.0686. The van der Waals surface area contributed by atoms with E-state index in [4.69, 9.17) is 0 Å². The van der Waals surface area contributed by atoms with Gasteiger partial charge in [0, 0.05) is 47.4 Å². The Morgan fingerprint density at radius 2 is 2.04 bits per heavy atom. The van der Waals surface area contributed by atoms with E-state index in [1.165, 1.54) is 4.88 Å². The summed E-state index contributed by atoms with van der Waals surface area (Å²) in [5, 5.41) is 4.18. The monoisotopic (exact) mass is 339 g/mol. The van der Waals surface area contributed by atoms with Crippen molar-refractivity contribution in [2.45, 2.75) is 13.5 Å². The number of aromatic nitrogens is 5. The molecule has 0 saturated heterocycles. The highest BCUT2D eigenvalue weighted by molar-refractivity contribution is 7.15. The van der Waals surface area contributed by atoms with E-state index < -0.39 is 0 Å². The van der Waals surface area contributed by atoms with Gasteiger partial charge in [-0.2, -0.15) is 5.10 Å². The molecule has 4 heterocycles. The Morgan fingerprint density at radius 3 is 2.71 bits per heavy atom. The lowest BCUT2D eigenvalue weighted by molar-refractivity contribution is 0.731. The normalized spacial score (nSPS) is 11.5. The van der Waals surface area contributed by atoms with Gasteiger partial charge in [0.2, 0.25) is 0 Å². The van der Waals surface area contributed by atoms with E-state index in [-0.39, 0.29) is 5.69 Å². The predicted octanol–water partition coefficient (Wildman–Crippen LogP) is 2.55. The van der Waals surface area contributed by atoms with Crippen molar-refractivity contribution in [1.29, 1.82) is 0 Å². The largest absolute Gasteiger partial charge is 0.330 e. The van der Waals surface area contributed by atoms with Crippen LogP contribution in [0.1, 0.15) is 10.4 Å². The van der Waals surface area contributed by atoms with Crippen molar-refractivity contribution in [2.75, 3.05) is 0 Å². The summed E-state index contributed by atoms with van der Waals surface area (Å²) in [5.41, 5.74) is 3.49. The SMILES string of the molecule is Cc1ccc(-c2cnc3c(c2)n(Cc2cnn(C)c2)c(=O)n3C)s1. The van der Waals surface area contributed by atoms with Crippen LogP contribution in [0.15, 0.2) is 41.6 Å². The number of nitrogens with zero attached hydrogens (tertiary/aromatic N) is 5. The molecular weight excluding hydrogens is 322 g/mol. The molecule has 24 heavy (non-hydrogen) atoms. The Labute approximate surface area is 142 Å². The smallest absolute Gasteiger partial charge is 0.286 e. The lowest BCUT2D eigenvalue weighted by atomic mass is 10.2. The van der Waals surface area contributed by atoms with Crippen LogP contribution in [-0.4, -0.2) is 23.9 Å². The zero-order valence-electron chi connectivity index (χ0n) is 13.7. The first kappa shape index (κ1) is 14.9. The van der Waals surface area contributed by atoms with Crippen LogP contribution >= 0.6 is 11.3 Å². The van der Waals surface area contributed by atoms with Crippen molar-refractivity contribution in [3.8, 4) is 10.4 Å². The van der Waals surface area contributed by atoms with Crippen LogP contribution in [0, 0.1) is 6.92 Å². The maximum Gasteiger partial charge on any atom is 0.330 e. The first-order chi connectivity index (χ1) is 11.5. The van der Waals surface area contributed by atoms with E-state index in [1.807, 2.05) is 25.5 Å². The number of fused-ring (bicyclic) bond motifs is 1. The summed E-state index contributed by atoms with van der Waals surface area (Å²) in [5.74, 6) is 0. The van der Waals surface area contributed by atoms with Gasteiger partial charge < -0.3 is 0 Å². The lowest BCUT2D eigenvalue weighted by Crippen LogP contribution is -2.22. The van der Waals surface area contributed by atoms with Gasteiger partial charge in [0.25, 0.3) is 0 Å².